The Morgan fingerprint density at radius 2 is 1.52 bits per heavy atom. The van der Waals surface area contributed by atoms with E-state index in [-0.39, 0.29) is 5.66 Å². The molecule has 23 heavy (non-hydrogen) atoms. The molecule has 4 aliphatic heterocycles. The van der Waals surface area contributed by atoms with Gasteiger partial charge in [-0.25, -0.2) is 10.0 Å². The van der Waals surface area contributed by atoms with Gasteiger partial charge in [-0.2, -0.15) is 0 Å². The molecule has 4 saturated heterocycles. The highest BCUT2D eigenvalue weighted by Crippen LogP contribution is 2.42. The summed E-state index contributed by atoms with van der Waals surface area (Å²) in [7, 11) is 0. The highest BCUT2D eigenvalue weighted by atomic mass is 32.2. The van der Waals surface area contributed by atoms with Gasteiger partial charge < -0.3 is 4.74 Å². The first-order chi connectivity index (χ1) is 11.3. The van der Waals surface area contributed by atoms with Gasteiger partial charge in [0.15, 0.2) is 0 Å². The van der Waals surface area contributed by atoms with E-state index in [1.165, 1.54) is 64.2 Å². The van der Waals surface area contributed by atoms with Gasteiger partial charge in [-0.3, -0.25) is 9.80 Å². The minimum absolute atomic E-state index is 0.140. The lowest BCUT2D eigenvalue weighted by Crippen LogP contribution is -2.74. The van der Waals surface area contributed by atoms with Crippen molar-refractivity contribution in [3.63, 3.8) is 0 Å². The van der Waals surface area contributed by atoms with E-state index in [9.17, 15) is 0 Å². The van der Waals surface area contributed by atoms with Crippen molar-refractivity contribution in [2.75, 3.05) is 64.8 Å². The average molecular weight is 341 g/mol. The third-order valence-corrected chi connectivity index (χ3v) is 7.60. The van der Waals surface area contributed by atoms with Crippen molar-refractivity contribution in [2.24, 2.45) is 0 Å². The quantitative estimate of drug-likeness (QED) is 0.771. The fraction of sp³-hybridized carbons (Fsp3) is 1.00. The van der Waals surface area contributed by atoms with Crippen LogP contribution in [-0.2, 0) is 4.74 Å². The number of rotatable bonds is 3. The summed E-state index contributed by atoms with van der Waals surface area (Å²) in [5, 5.41) is 5.95. The molecule has 2 unspecified atom stereocenters. The number of thioether (sulfide) groups is 1. The molecule has 0 bridgehead atoms. The Hall–Kier alpha value is 0.150. The van der Waals surface area contributed by atoms with Crippen molar-refractivity contribution in [1.29, 1.82) is 0 Å². The molecule has 0 radical (unpaired) electrons. The van der Waals surface area contributed by atoms with Crippen LogP contribution >= 0.6 is 11.8 Å². The number of hydrogen-bond donors (Lipinski definition) is 0. The molecule has 0 spiro atoms. The summed E-state index contributed by atoms with van der Waals surface area (Å²) in [5.74, 6) is 1.25. The van der Waals surface area contributed by atoms with Crippen LogP contribution in [-0.4, -0.2) is 95.6 Å². The fourth-order valence-corrected chi connectivity index (χ4v) is 6.41. The highest BCUT2D eigenvalue weighted by Gasteiger charge is 2.52. The maximum atomic E-state index is 5.61. The smallest absolute Gasteiger partial charge is 0.110 e. The van der Waals surface area contributed by atoms with Crippen molar-refractivity contribution < 1.29 is 4.74 Å². The molecule has 4 rings (SSSR count). The van der Waals surface area contributed by atoms with Crippen LogP contribution in [0.25, 0.3) is 0 Å². The number of hydrogen-bond acceptors (Lipinski definition) is 6. The molecule has 0 aromatic carbocycles. The molecule has 0 aromatic rings. The zero-order valence-electron chi connectivity index (χ0n) is 14.6. The topological polar surface area (TPSA) is 22.2 Å². The van der Waals surface area contributed by atoms with Gasteiger partial charge in [0.1, 0.15) is 5.66 Å². The van der Waals surface area contributed by atoms with E-state index < -0.39 is 0 Å². The van der Waals surface area contributed by atoms with Crippen LogP contribution in [0, 0.1) is 0 Å². The van der Waals surface area contributed by atoms with Crippen LogP contribution in [0.5, 0.6) is 0 Å². The summed E-state index contributed by atoms with van der Waals surface area (Å²) < 4.78 is 5.61. The predicted molar refractivity (Wildman–Crippen MR) is 95.4 cm³/mol. The van der Waals surface area contributed by atoms with Crippen molar-refractivity contribution in [2.45, 2.75) is 43.6 Å². The van der Waals surface area contributed by atoms with Crippen LogP contribution < -0.4 is 0 Å². The van der Waals surface area contributed by atoms with Gasteiger partial charge in [0, 0.05) is 38.5 Å². The second-order valence-electron chi connectivity index (χ2n) is 7.44. The van der Waals surface area contributed by atoms with Crippen molar-refractivity contribution >= 4 is 11.8 Å². The molecule has 4 fully saturated rings. The monoisotopic (exact) mass is 340 g/mol. The number of morpholine rings is 1. The lowest BCUT2D eigenvalue weighted by molar-refractivity contribution is -0.200. The van der Waals surface area contributed by atoms with Gasteiger partial charge in [0.05, 0.1) is 18.6 Å². The average Bonchev–Trinajstić information content (AvgIpc) is 3.29. The summed E-state index contributed by atoms with van der Waals surface area (Å²) in [5.41, 5.74) is 0.140. The fourth-order valence-electron chi connectivity index (χ4n) is 4.90. The molecule has 5 nitrogen and oxygen atoms in total. The zero-order valence-corrected chi connectivity index (χ0v) is 15.4. The molecule has 4 heterocycles. The van der Waals surface area contributed by atoms with Gasteiger partial charge in [-0.05, 0) is 45.7 Å². The Bertz CT molecular complexity index is 394. The second kappa shape index (κ2) is 7.18. The second-order valence-corrected chi connectivity index (χ2v) is 8.63. The predicted octanol–water partition coefficient (Wildman–Crippen LogP) is 1.52. The standard InChI is InChI=1S/C17H32N4OS/c1-17(19-8-4-5-9-19)16(18-6-2-3-7-18)23-15-12-21(17)20-10-13-22-14-11-20/h16H,2-15H2,1H3. The lowest BCUT2D eigenvalue weighted by atomic mass is 10.1. The van der Waals surface area contributed by atoms with Crippen LogP contribution in [0.3, 0.4) is 0 Å². The van der Waals surface area contributed by atoms with E-state index in [0.29, 0.717) is 5.37 Å². The van der Waals surface area contributed by atoms with Crippen molar-refractivity contribution in [1.82, 2.24) is 19.8 Å². The molecule has 6 heteroatoms. The Kier molecular flexibility index (Phi) is 5.18. The molecule has 2 atom stereocenters. The van der Waals surface area contributed by atoms with E-state index in [4.69, 9.17) is 4.74 Å². The first kappa shape index (κ1) is 16.6. The first-order valence-electron chi connectivity index (χ1n) is 9.51. The van der Waals surface area contributed by atoms with Crippen LogP contribution in [0.4, 0.5) is 0 Å². The molecule has 0 aliphatic carbocycles. The van der Waals surface area contributed by atoms with Crippen molar-refractivity contribution in [3.05, 3.63) is 0 Å². The van der Waals surface area contributed by atoms with Gasteiger partial charge in [-0.15, -0.1) is 11.8 Å². The van der Waals surface area contributed by atoms with E-state index in [0.717, 1.165) is 26.3 Å². The van der Waals surface area contributed by atoms with E-state index >= 15 is 0 Å². The van der Waals surface area contributed by atoms with E-state index in [1.54, 1.807) is 0 Å². The SMILES string of the molecule is CC1(N2CCCC2)C(N2CCCC2)SCCN1N1CCOCC1. The van der Waals surface area contributed by atoms with Crippen molar-refractivity contribution in [3.8, 4) is 0 Å². The summed E-state index contributed by atoms with van der Waals surface area (Å²) in [4.78, 5) is 5.56. The third kappa shape index (κ3) is 3.07. The van der Waals surface area contributed by atoms with Crippen LogP contribution in [0.15, 0.2) is 0 Å². The number of nitrogens with zero attached hydrogens (tertiary/aromatic N) is 4. The molecule has 0 saturated carbocycles. The normalized spacial score (nSPS) is 39.3. The Balaban J connectivity index is 1.62. The van der Waals surface area contributed by atoms with Gasteiger partial charge >= 0.3 is 0 Å². The summed E-state index contributed by atoms with van der Waals surface area (Å²) in [6, 6.07) is 0. The Labute approximate surface area is 145 Å². The van der Waals surface area contributed by atoms with Gasteiger partial charge in [-0.1, -0.05) is 0 Å². The molecule has 4 aliphatic rings. The number of ether oxygens (including phenoxy) is 1. The minimum atomic E-state index is 0.140. The minimum Gasteiger partial charge on any atom is -0.379 e. The zero-order chi connectivity index (χ0) is 15.7. The molecule has 0 N–H and O–H groups in total. The van der Waals surface area contributed by atoms with E-state index in [1.807, 2.05) is 0 Å². The maximum absolute atomic E-state index is 5.61. The van der Waals surface area contributed by atoms with E-state index in [2.05, 4.69) is 38.5 Å². The van der Waals surface area contributed by atoms with Gasteiger partial charge in [0.25, 0.3) is 0 Å². The van der Waals surface area contributed by atoms with Crippen LogP contribution in [0.1, 0.15) is 32.6 Å². The summed E-state index contributed by atoms with van der Waals surface area (Å²) >= 11 is 2.21. The molecule has 0 amide bonds. The number of hydrazine groups is 1. The number of likely N-dealkylation sites (tertiary alicyclic amines) is 2. The Morgan fingerprint density at radius 1 is 0.870 bits per heavy atom. The molecule has 132 valence electrons. The molecule has 0 aromatic heterocycles. The highest BCUT2D eigenvalue weighted by molar-refractivity contribution is 8.00. The summed E-state index contributed by atoms with van der Waals surface area (Å²) in [6.45, 7) is 12.7. The van der Waals surface area contributed by atoms with Crippen LogP contribution in [0.2, 0.25) is 0 Å². The summed E-state index contributed by atoms with van der Waals surface area (Å²) in [6.07, 6.45) is 5.49. The molecular weight excluding hydrogens is 308 g/mol. The Morgan fingerprint density at radius 3 is 2.22 bits per heavy atom. The molecular formula is C17H32N4OS. The van der Waals surface area contributed by atoms with Gasteiger partial charge in [0.2, 0.25) is 0 Å². The first-order valence-corrected chi connectivity index (χ1v) is 10.6. The lowest BCUT2D eigenvalue weighted by Gasteiger charge is -2.59. The largest absolute Gasteiger partial charge is 0.379 e. The third-order valence-electron chi connectivity index (χ3n) is 6.12. The maximum Gasteiger partial charge on any atom is 0.110 e.